The van der Waals surface area contributed by atoms with Gasteiger partial charge in [-0.2, -0.15) is 0 Å². The van der Waals surface area contributed by atoms with Gasteiger partial charge in [-0.25, -0.2) is 9.97 Å². The van der Waals surface area contributed by atoms with Gasteiger partial charge in [0.15, 0.2) is 0 Å². The summed E-state index contributed by atoms with van der Waals surface area (Å²) in [5.41, 5.74) is -0.321. The van der Waals surface area contributed by atoms with Crippen LogP contribution >= 0.6 is 15.9 Å². The minimum Gasteiger partial charge on any atom is -0.369 e. The predicted molar refractivity (Wildman–Crippen MR) is 89.4 cm³/mol. The Morgan fingerprint density at radius 2 is 1.81 bits per heavy atom. The Labute approximate surface area is 135 Å². The number of nitrogens with one attached hydrogen (secondary N) is 2. The van der Waals surface area contributed by atoms with Crippen LogP contribution in [0.5, 0.6) is 0 Å². The quantitative estimate of drug-likeness (QED) is 0.812. The fourth-order valence-corrected chi connectivity index (χ4v) is 2.01. The first kappa shape index (κ1) is 17.9. The Kier molecular flexibility index (Phi) is 5.73. The monoisotopic (exact) mass is 356 g/mol. The normalized spacial score (nSPS) is 12.1. The highest BCUT2D eigenvalue weighted by Gasteiger charge is 2.19. The van der Waals surface area contributed by atoms with Gasteiger partial charge in [-0.15, -0.1) is 0 Å². The molecule has 0 aliphatic heterocycles. The summed E-state index contributed by atoms with van der Waals surface area (Å²) in [5.74, 6) is 1.52. The molecule has 6 heteroatoms. The summed E-state index contributed by atoms with van der Waals surface area (Å²) < 4.78 is 0.740. The lowest BCUT2D eigenvalue weighted by Gasteiger charge is -2.20. The lowest BCUT2D eigenvalue weighted by molar-refractivity contribution is -0.122. The summed E-state index contributed by atoms with van der Waals surface area (Å²) in [6.07, 6.45) is 0.406. The molecule has 1 heterocycles. The third kappa shape index (κ3) is 6.89. The summed E-state index contributed by atoms with van der Waals surface area (Å²) in [5, 5.41) is 6.10. The van der Waals surface area contributed by atoms with Crippen molar-refractivity contribution in [3.8, 4) is 0 Å². The van der Waals surface area contributed by atoms with Gasteiger partial charge in [0.25, 0.3) is 0 Å². The van der Waals surface area contributed by atoms with E-state index in [-0.39, 0.29) is 16.9 Å². The molecule has 118 valence electrons. The molecule has 0 fully saturated rings. The second-order valence-electron chi connectivity index (χ2n) is 7.12. The van der Waals surface area contributed by atoms with Crippen molar-refractivity contribution < 1.29 is 4.79 Å². The van der Waals surface area contributed by atoms with Crippen LogP contribution in [0, 0.1) is 0 Å². The molecule has 0 saturated carbocycles. The van der Waals surface area contributed by atoms with Crippen molar-refractivity contribution in [2.45, 2.75) is 58.9 Å². The van der Waals surface area contributed by atoms with Crippen LogP contribution in [0.4, 0.5) is 5.82 Å². The number of aromatic nitrogens is 2. The first-order valence-corrected chi connectivity index (χ1v) is 7.86. The molecular weight excluding hydrogens is 332 g/mol. The summed E-state index contributed by atoms with van der Waals surface area (Å²) in [6, 6.07) is 1.82. The van der Waals surface area contributed by atoms with Crippen molar-refractivity contribution in [2.75, 3.05) is 11.9 Å². The number of anilines is 1. The fourth-order valence-electron chi connectivity index (χ4n) is 1.63. The molecule has 0 saturated heterocycles. The number of hydrogen-bond donors (Lipinski definition) is 2. The molecule has 0 aliphatic rings. The van der Waals surface area contributed by atoms with E-state index in [9.17, 15) is 4.79 Å². The van der Waals surface area contributed by atoms with E-state index in [1.165, 1.54) is 0 Å². The molecule has 0 aliphatic carbocycles. The molecule has 0 radical (unpaired) electrons. The zero-order valence-electron chi connectivity index (χ0n) is 13.7. The highest BCUT2D eigenvalue weighted by molar-refractivity contribution is 9.10. The van der Waals surface area contributed by atoms with Gasteiger partial charge in [-0.05, 0) is 36.7 Å². The molecule has 0 spiro atoms. The Hall–Kier alpha value is -1.17. The zero-order chi connectivity index (χ0) is 16.3. The van der Waals surface area contributed by atoms with Crippen molar-refractivity contribution in [1.29, 1.82) is 0 Å². The molecule has 21 heavy (non-hydrogen) atoms. The van der Waals surface area contributed by atoms with Gasteiger partial charge in [0, 0.05) is 30.0 Å². The van der Waals surface area contributed by atoms with Crippen LogP contribution in [0.25, 0.3) is 0 Å². The number of amides is 1. The van der Waals surface area contributed by atoms with Crippen LogP contribution in [0.1, 0.15) is 53.8 Å². The lowest BCUT2D eigenvalue weighted by Crippen LogP contribution is -2.41. The molecular formula is C15H25BrN4O. The Balaban J connectivity index is 2.60. The fraction of sp³-hybridized carbons (Fsp3) is 0.667. The summed E-state index contributed by atoms with van der Waals surface area (Å²) >= 11 is 3.40. The maximum absolute atomic E-state index is 11.7. The van der Waals surface area contributed by atoms with Gasteiger partial charge < -0.3 is 10.6 Å². The standard InChI is InChI=1S/C15H25BrN4O/c1-14(2,3)13-18-10(16)9-11(19-13)17-8-7-12(21)20-15(4,5)6/h9H,7-8H2,1-6H3,(H,20,21)(H,17,18,19). The smallest absolute Gasteiger partial charge is 0.222 e. The van der Waals surface area contributed by atoms with Crippen molar-refractivity contribution in [3.05, 3.63) is 16.5 Å². The average Bonchev–Trinajstić information content (AvgIpc) is 2.24. The predicted octanol–water partition coefficient (Wildman–Crippen LogP) is 3.25. The maximum atomic E-state index is 11.7. The van der Waals surface area contributed by atoms with Crippen LogP contribution in [-0.4, -0.2) is 28.0 Å². The molecule has 1 aromatic heterocycles. The van der Waals surface area contributed by atoms with Crippen molar-refractivity contribution in [3.63, 3.8) is 0 Å². The van der Waals surface area contributed by atoms with Crippen LogP contribution < -0.4 is 10.6 Å². The van der Waals surface area contributed by atoms with Crippen molar-refractivity contribution in [2.24, 2.45) is 0 Å². The molecule has 0 bridgehead atoms. The molecule has 1 amide bonds. The van der Waals surface area contributed by atoms with Gasteiger partial charge >= 0.3 is 0 Å². The van der Waals surface area contributed by atoms with E-state index in [1.54, 1.807) is 0 Å². The van der Waals surface area contributed by atoms with Crippen LogP contribution in [0.2, 0.25) is 0 Å². The minimum atomic E-state index is -0.200. The molecule has 0 aromatic carbocycles. The highest BCUT2D eigenvalue weighted by Crippen LogP contribution is 2.22. The van der Waals surface area contributed by atoms with Gasteiger partial charge in [0.1, 0.15) is 16.2 Å². The number of carbonyl (C=O) groups excluding carboxylic acids is 1. The average molecular weight is 357 g/mol. The molecule has 5 nitrogen and oxygen atoms in total. The maximum Gasteiger partial charge on any atom is 0.222 e. The lowest BCUT2D eigenvalue weighted by atomic mass is 9.96. The second-order valence-corrected chi connectivity index (χ2v) is 7.94. The Morgan fingerprint density at radius 3 is 2.33 bits per heavy atom. The van der Waals surface area contributed by atoms with E-state index >= 15 is 0 Å². The first-order valence-electron chi connectivity index (χ1n) is 7.07. The number of nitrogens with zero attached hydrogens (tertiary/aromatic N) is 2. The van der Waals surface area contributed by atoms with E-state index in [4.69, 9.17) is 0 Å². The second kappa shape index (κ2) is 6.73. The summed E-state index contributed by atoms with van der Waals surface area (Å²) in [6.45, 7) is 12.6. The van der Waals surface area contributed by atoms with Gasteiger partial charge in [-0.1, -0.05) is 20.8 Å². The summed E-state index contributed by atoms with van der Waals surface area (Å²) in [4.78, 5) is 20.6. The van der Waals surface area contributed by atoms with E-state index in [1.807, 2.05) is 26.8 Å². The molecule has 0 unspecified atom stereocenters. The van der Waals surface area contributed by atoms with Crippen molar-refractivity contribution in [1.82, 2.24) is 15.3 Å². The van der Waals surface area contributed by atoms with Crippen LogP contribution in [0.15, 0.2) is 10.7 Å². The molecule has 2 N–H and O–H groups in total. The van der Waals surface area contributed by atoms with Gasteiger partial charge in [0.05, 0.1) is 0 Å². The topological polar surface area (TPSA) is 66.9 Å². The Bertz CT molecular complexity index is 503. The van der Waals surface area contributed by atoms with E-state index in [0.717, 1.165) is 16.2 Å². The molecule has 1 rings (SSSR count). The van der Waals surface area contributed by atoms with E-state index < -0.39 is 0 Å². The number of carbonyl (C=O) groups is 1. The third-order valence-corrected chi connectivity index (χ3v) is 2.94. The summed E-state index contributed by atoms with van der Waals surface area (Å²) in [7, 11) is 0. The number of hydrogen-bond acceptors (Lipinski definition) is 4. The zero-order valence-corrected chi connectivity index (χ0v) is 15.3. The number of halogens is 1. The largest absolute Gasteiger partial charge is 0.369 e. The Morgan fingerprint density at radius 1 is 1.19 bits per heavy atom. The highest BCUT2D eigenvalue weighted by atomic mass is 79.9. The molecule has 1 aromatic rings. The minimum absolute atomic E-state index is 0.0270. The third-order valence-electron chi connectivity index (χ3n) is 2.54. The number of rotatable bonds is 4. The molecule has 0 atom stereocenters. The van der Waals surface area contributed by atoms with Crippen molar-refractivity contribution >= 4 is 27.7 Å². The van der Waals surface area contributed by atoms with E-state index in [2.05, 4.69) is 57.3 Å². The van der Waals surface area contributed by atoms with Gasteiger partial charge in [-0.3, -0.25) is 4.79 Å². The first-order chi connectivity index (χ1) is 9.47. The van der Waals surface area contributed by atoms with Gasteiger partial charge in [0.2, 0.25) is 5.91 Å². The van der Waals surface area contributed by atoms with Crippen LogP contribution in [-0.2, 0) is 10.2 Å². The SMILES string of the molecule is CC(C)(C)NC(=O)CCNc1cc(Br)nc(C(C)(C)C)n1. The van der Waals surface area contributed by atoms with Crippen LogP contribution in [0.3, 0.4) is 0 Å². The van der Waals surface area contributed by atoms with E-state index in [0.29, 0.717) is 13.0 Å².